The van der Waals surface area contributed by atoms with E-state index in [-0.39, 0.29) is 5.54 Å². The molecule has 0 rings (SSSR count). The van der Waals surface area contributed by atoms with E-state index in [9.17, 15) is 0 Å². The fourth-order valence-electron chi connectivity index (χ4n) is 0. The van der Waals surface area contributed by atoms with Gasteiger partial charge in [-0.25, -0.2) is 0 Å². The third-order valence-corrected chi connectivity index (χ3v) is 4.46. The zero-order valence-corrected chi connectivity index (χ0v) is 9.65. The SMILES string of the molecule is CC(C)(N)C([SiH3])[SiH3]. The molecule has 3 heteroatoms. The lowest BCUT2D eigenvalue weighted by atomic mass is 10.1. The minimum atomic E-state index is 0.123. The van der Waals surface area contributed by atoms with E-state index >= 15 is 0 Å². The monoisotopic (exact) mass is 133 g/mol. The summed E-state index contributed by atoms with van der Waals surface area (Å²) in [5.41, 5.74) is 5.87. The first kappa shape index (κ1) is 7.39. The second kappa shape index (κ2) is 2.11. The summed E-state index contributed by atoms with van der Waals surface area (Å²) < 4.78 is 0. The third-order valence-electron chi connectivity index (χ3n) is 1.49. The molecule has 0 amide bonds. The van der Waals surface area contributed by atoms with E-state index in [1.165, 1.54) is 20.5 Å². The highest BCUT2D eigenvalue weighted by atomic mass is 28.2. The molecule has 0 bridgehead atoms. The van der Waals surface area contributed by atoms with Crippen LogP contribution in [0.3, 0.4) is 0 Å². The van der Waals surface area contributed by atoms with Gasteiger partial charge in [-0.2, -0.15) is 0 Å². The highest BCUT2D eigenvalue weighted by molar-refractivity contribution is 6.36. The predicted molar refractivity (Wildman–Crippen MR) is 41.9 cm³/mol. The van der Waals surface area contributed by atoms with E-state index < -0.39 is 0 Å². The quantitative estimate of drug-likeness (QED) is 0.420. The maximum Gasteiger partial charge on any atom is 0.00626 e. The zero-order valence-electron chi connectivity index (χ0n) is 5.65. The van der Waals surface area contributed by atoms with Gasteiger partial charge in [-0.1, -0.05) is 0 Å². The molecular weight excluding hydrogens is 118 g/mol. The fourth-order valence-corrected chi connectivity index (χ4v) is 0. The molecule has 0 heterocycles. The molecule has 0 radical (unpaired) electrons. The van der Waals surface area contributed by atoms with Crippen LogP contribution in [-0.4, -0.2) is 26.0 Å². The molecule has 0 unspecified atom stereocenters. The van der Waals surface area contributed by atoms with Crippen LogP contribution in [0.4, 0.5) is 0 Å². The van der Waals surface area contributed by atoms with Crippen molar-refractivity contribution in [2.75, 3.05) is 0 Å². The van der Waals surface area contributed by atoms with Crippen LogP contribution >= 0.6 is 0 Å². The molecule has 0 aliphatic rings. The van der Waals surface area contributed by atoms with Crippen LogP contribution < -0.4 is 5.73 Å². The largest absolute Gasteiger partial charge is 0.326 e. The summed E-state index contributed by atoms with van der Waals surface area (Å²) in [6, 6.07) is 0. The predicted octanol–water partition coefficient (Wildman–Crippen LogP) is -1.80. The lowest BCUT2D eigenvalue weighted by Gasteiger charge is -2.22. The van der Waals surface area contributed by atoms with Gasteiger partial charge in [0, 0.05) is 26.0 Å². The molecule has 1 nitrogen and oxygen atoms in total. The van der Waals surface area contributed by atoms with Crippen molar-refractivity contribution in [1.82, 2.24) is 0 Å². The summed E-state index contributed by atoms with van der Waals surface area (Å²) in [7, 11) is 2.53. The van der Waals surface area contributed by atoms with Gasteiger partial charge in [0.2, 0.25) is 0 Å². The molecule has 0 aromatic carbocycles. The molecular formula is C4H15NSi2. The fraction of sp³-hybridized carbons (Fsp3) is 1.00. The Morgan fingerprint density at radius 2 is 1.57 bits per heavy atom. The Morgan fingerprint density at radius 1 is 1.43 bits per heavy atom. The van der Waals surface area contributed by atoms with Gasteiger partial charge >= 0.3 is 0 Å². The van der Waals surface area contributed by atoms with E-state index in [2.05, 4.69) is 13.8 Å². The first-order valence-corrected chi connectivity index (χ1v) is 5.04. The summed E-state index contributed by atoms with van der Waals surface area (Å²) in [5, 5.41) is 0.854. The van der Waals surface area contributed by atoms with Crippen molar-refractivity contribution >= 4 is 20.5 Å². The van der Waals surface area contributed by atoms with Crippen molar-refractivity contribution in [2.24, 2.45) is 5.73 Å². The van der Waals surface area contributed by atoms with Crippen LogP contribution in [-0.2, 0) is 0 Å². The molecule has 0 aliphatic heterocycles. The second-order valence-corrected chi connectivity index (χ2v) is 8.75. The molecule has 0 aromatic rings. The zero-order chi connectivity index (χ0) is 6.08. The average Bonchev–Trinajstić information content (AvgIpc) is 1.31. The minimum absolute atomic E-state index is 0.123. The van der Waals surface area contributed by atoms with Gasteiger partial charge in [0.15, 0.2) is 0 Å². The first-order chi connectivity index (χ1) is 2.94. The Hall–Kier alpha value is 0.394. The summed E-state index contributed by atoms with van der Waals surface area (Å²) in [6.07, 6.45) is 0. The molecule has 0 saturated heterocycles. The van der Waals surface area contributed by atoms with Crippen LogP contribution in [0.15, 0.2) is 0 Å². The van der Waals surface area contributed by atoms with Crippen LogP contribution in [0.5, 0.6) is 0 Å². The average molecular weight is 133 g/mol. The molecule has 0 spiro atoms. The van der Waals surface area contributed by atoms with Crippen molar-refractivity contribution < 1.29 is 0 Å². The van der Waals surface area contributed by atoms with Crippen molar-refractivity contribution in [1.29, 1.82) is 0 Å². The Labute approximate surface area is 51.5 Å². The van der Waals surface area contributed by atoms with E-state index in [0.717, 1.165) is 5.16 Å². The van der Waals surface area contributed by atoms with Crippen LogP contribution in [0.1, 0.15) is 13.8 Å². The summed E-state index contributed by atoms with van der Waals surface area (Å²) >= 11 is 0. The maximum absolute atomic E-state index is 5.75. The van der Waals surface area contributed by atoms with Gasteiger partial charge in [0.05, 0.1) is 0 Å². The van der Waals surface area contributed by atoms with Crippen molar-refractivity contribution in [3.05, 3.63) is 0 Å². The van der Waals surface area contributed by atoms with Crippen molar-refractivity contribution in [3.63, 3.8) is 0 Å². The maximum atomic E-state index is 5.75. The normalized spacial score (nSPS) is 17.6. The number of nitrogens with two attached hydrogens (primary N) is 1. The van der Waals surface area contributed by atoms with E-state index in [1.807, 2.05) is 0 Å². The number of rotatable bonds is 1. The van der Waals surface area contributed by atoms with E-state index in [1.54, 1.807) is 0 Å². The van der Waals surface area contributed by atoms with Gasteiger partial charge in [0.1, 0.15) is 0 Å². The van der Waals surface area contributed by atoms with Gasteiger partial charge < -0.3 is 5.73 Å². The lowest BCUT2D eigenvalue weighted by molar-refractivity contribution is 0.553. The molecule has 0 aliphatic carbocycles. The molecule has 0 saturated carbocycles. The Kier molecular flexibility index (Phi) is 2.23. The highest BCUT2D eigenvalue weighted by Crippen LogP contribution is 2.09. The van der Waals surface area contributed by atoms with E-state index in [0.29, 0.717) is 0 Å². The minimum Gasteiger partial charge on any atom is -0.326 e. The molecule has 0 aromatic heterocycles. The van der Waals surface area contributed by atoms with Crippen LogP contribution in [0, 0.1) is 0 Å². The topological polar surface area (TPSA) is 26.0 Å². The van der Waals surface area contributed by atoms with E-state index in [4.69, 9.17) is 5.73 Å². The summed E-state index contributed by atoms with van der Waals surface area (Å²) in [6.45, 7) is 4.22. The van der Waals surface area contributed by atoms with Gasteiger partial charge in [-0.05, 0) is 19.0 Å². The Bertz CT molecular complexity index is 55.2. The summed E-state index contributed by atoms with van der Waals surface area (Å²) in [4.78, 5) is 0. The standard InChI is InChI=1S/C4H15NSi2/c1-4(2,5)3(6)7/h3H,5H2,1-2,6-7H3. The molecule has 0 fully saturated rings. The van der Waals surface area contributed by atoms with Gasteiger partial charge in [-0.15, -0.1) is 0 Å². The number of hydrogen-bond acceptors (Lipinski definition) is 1. The van der Waals surface area contributed by atoms with Gasteiger partial charge in [-0.3, -0.25) is 0 Å². The number of hydrogen-bond donors (Lipinski definition) is 1. The molecule has 0 atom stereocenters. The van der Waals surface area contributed by atoms with Crippen LogP contribution in [0.25, 0.3) is 0 Å². The highest BCUT2D eigenvalue weighted by Gasteiger charge is 2.14. The third kappa shape index (κ3) is 3.02. The lowest BCUT2D eigenvalue weighted by Crippen LogP contribution is -2.37. The molecule has 7 heavy (non-hydrogen) atoms. The first-order valence-electron chi connectivity index (χ1n) is 2.73. The van der Waals surface area contributed by atoms with Crippen molar-refractivity contribution in [3.8, 4) is 0 Å². The van der Waals surface area contributed by atoms with Crippen LogP contribution in [0.2, 0.25) is 5.16 Å². The second-order valence-electron chi connectivity index (χ2n) is 2.98. The molecule has 2 N–H and O–H groups in total. The smallest absolute Gasteiger partial charge is 0.00626 e. The molecule has 44 valence electrons. The Balaban J connectivity index is 3.54. The summed E-state index contributed by atoms with van der Waals surface area (Å²) in [5.74, 6) is 0. The Morgan fingerprint density at radius 3 is 1.57 bits per heavy atom. The van der Waals surface area contributed by atoms with Crippen molar-refractivity contribution in [2.45, 2.75) is 24.6 Å². The van der Waals surface area contributed by atoms with Gasteiger partial charge in [0.25, 0.3) is 0 Å².